The highest BCUT2D eigenvalue weighted by Gasteiger charge is 2.07. The summed E-state index contributed by atoms with van der Waals surface area (Å²) in [6.07, 6.45) is 3.42. The maximum absolute atomic E-state index is 11.9. The van der Waals surface area contributed by atoms with E-state index in [4.69, 9.17) is 9.47 Å². The molecule has 0 unspecified atom stereocenters. The third-order valence-electron chi connectivity index (χ3n) is 3.22. The lowest BCUT2D eigenvalue weighted by atomic mass is 10.1. The van der Waals surface area contributed by atoms with E-state index in [1.165, 1.54) is 12.7 Å². The van der Waals surface area contributed by atoms with Crippen molar-refractivity contribution in [3.8, 4) is 11.5 Å². The van der Waals surface area contributed by atoms with Crippen molar-refractivity contribution in [1.29, 1.82) is 0 Å². The van der Waals surface area contributed by atoms with Crippen molar-refractivity contribution in [2.45, 2.75) is 6.92 Å². The molecule has 0 aromatic heterocycles. The molecule has 23 heavy (non-hydrogen) atoms. The second kappa shape index (κ2) is 7.89. The zero-order valence-corrected chi connectivity index (χ0v) is 13.4. The summed E-state index contributed by atoms with van der Waals surface area (Å²) < 4.78 is 10.4. The van der Waals surface area contributed by atoms with Gasteiger partial charge in [-0.25, -0.2) is 4.79 Å². The van der Waals surface area contributed by atoms with Gasteiger partial charge in [0, 0.05) is 12.3 Å². The van der Waals surface area contributed by atoms with Crippen LogP contribution in [0.1, 0.15) is 11.1 Å². The zero-order chi connectivity index (χ0) is 16.7. The Labute approximate surface area is 135 Å². The van der Waals surface area contributed by atoms with E-state index >= 15 is 0 Å². The van der Waals surface area contributed by atoms with Gasteiger partial charge < -0.3 is 20.1 Å². The predicted octanol–water partition coefficient (Wildman–Crippen LogP) is 3.80. The molecule has 2 aromatic carbocycles. The van der Waals surface area contributed by atoms with Gasteiger partial charge in [0.2, 0.25) is 0 Å². The lowest BCUT2D eigenvalue weighted by molar-refractivity contribution is 0.255. The van der Waals surface area contributed by atoms with Crippen LogP contribution in [-0.4, -0.2) is 20.3 Å². The Hall–Kier alpha value is -2.95. The van der Waals surface area contributed by atoms with Crippen LogP contribution in [0.3, 0.4) is 0 Å². The molecule has 0 atom stereocenters. The number of amides is 2. The predicted molar refractivity (Wildman–Crippen MR) is 91.9 cm³/mol. The SMILES string of the molecule is COc1ccc(NC(=O)N/C=C/c2ccc(C)cc2)c(OC)c1. The number of carbonyl (C=O) groups is 1. The van der Waals surface area contributed by atoms with Crippen molar-refractivity contribution in [2.75, 3.05) is 19.5 Å². The van der Waals surface area contributed by atoms with E-state index in [0.717, 1.165) is 5.56 Å². The van der Waals surface area contributed by atoms with Crippen LogP contribution in [0.25, 0.3) is 6.08 Å². The number of methoxy groups -OCH3 is 2. The molecule has 5 heteroatoms. The second-order valence-electron chi connectivity index (χ2n) is 4.91. The van der Waals surface area contributed by atoms with E-state index in [1.54, 1.807) is 31.5 Å². The maximum Gasteiger partial charge on any atom is 0.323 e. The molecule has 2 amide bonds. The monoisotopic (exact) mass is 312 g/mol. The Morgan fingerprint density at radius 1 is 1.04 bits per heavy atom. The highest BCUT2D eigenvalue weighted by Crippen LogP contribution is 2.28. The Morgan fingerprint density at radius 2 is 1.78 bits per heavy atom. The molecular weight excluding hydrogens is 292 g/mol. The van der Waals surface area contributed by atoms with Crippen molar-refractivity contribution in [2.24, 2.45) is 0 Å². The van der Waals surface area contributed by atoms with Gasteiger partial charge in [0.25, 0.3) is 0 Å². The summed E-state index contributed by atoms with van der Waals surface area (Å²) in [5.41, 5.74) is 2.77. The van der Waals surface area contributed by atoms with Gasteiger partial charge in [0.15, 0.2) is 0 Å². The Morgan fingerprint density at radius 3 is 2.43 bits per heavy atom. The van der Waals surface area contributed by atoms with Crippen LogP contribution in [0.5, 0.6) is 11.5 Å². The molecule has 0 saturated heterocycles. The number of ether oxygens (including phenoxy) is 2. The smallest absolute Gasteiger partial charge is 0.323 e. The number of anilines is 1. The Bertz CT molecular complexity index is 694. The zero-order valence-electron chi connectivity index (χ0n) is 13.4. The molecule has 5 nitrogen and oxygen atoms in total. The highest BCUT2D eigenvalue weighted by atomic mass is 16.5. The number of nitrogens with one attached hydrogen (secondary N) is 2. The van der Waals surface area contributed by atoms with Crippen LogP contribution in [0.2, 0.25) is 0 Å². The minimum absolute atomic E-state index is 0.350. The molecule has 0 saturated carbocycles. The number of hydrogen-bond donors (Lipinski definition) is 2. The molecule has 2 aromatic rings. The van der Waals surface area contributed by atoms with Crippen molar-refractivity contribution in [1.82, 2.24) is 5.32 Å². The molecule has 0 fully saturated rings. The van der Waals surface area contributed by atoms with E-state index in [2.05, 4.69) is 10.6 Å². The summed E-state index contributed by atoms with van der Waals surface area (Å²) >= 11 is 0. The fraction of sp³-hybridized carbons (Fsp3) is 0.167. The summed E-state index contributed by atoms with van der Waals surface area (Å²) in [6.45, 7) is 2.03. The molecule has 0 heterocycles. The summed E-state index contributed by atoms with van der Waals surface area (Å²) in [6, 6.07) is 12.8. The van der Waals surface area contributed by atoms with Crippen LogP contribution in [0, 0.1) is 6.92 Å². The van der Waals surface area contributed by atoms with Crippen molar-refractivity contribution in [3.63, 3.8) is 0 Å². The van der Waals surface area contributed by atoms with Crippen LogP contribution in [0.15, 0.2) is 48.7 Å². The van der Waals surface area contributed by atoms with Gasteiger partial charge in [0.05, 0.1) is 19.9 Å². The van der Waals surface area contributed by atoms with E-state index < -0.39 is 0 Å². The van der Waals surface area contributed by atoms with Crippen LogP contribution < -0.4 is 20.1 Å². The summed E-state index contributed by atoms with van der Waals surface area (Å²) in [7, 11) is 3.11. The fourth-order valence-electron chi connectivity index (χ4n) is 1.95. The Kier molecular flexibility index (Phi) is 5.63. The molecule has 0 aliphatic rings. The third-order valence-corrected chi connectivity index (χ3v) is 3.22. The molecule has 2 N–H and O–H groups in total. The minimum Gasteiger partial charge on any atom is -0.497 e. The first-order valence-corrected chi connectivity index (χ1v) is 7.15. The topological polar surface area (TPSA) is 59.6 Å². The van der Waals surface area contributed by atoms with Gasteiger partial charge in [-0.05, 0) is 30.7 Å². The normalized spacial score (nSPS) is 10.4. The molecule has 0 aliphatic heterocycles. The third kappa shape index (κ3) is 4.78. The number of rotatable bonds is 5. The molecule has 0 aliphatic carbocycles. The summed E-state index contributed by atoms with van der Waals surface area (Å²) in [5, 5.41) is 5.38. The number of urea groups is 1. The van der Waals surface area contributed by atoms with Crippen molar-refractivity contribution < 1.29 is 14.3 Å². The van der Waals surface area contributed by atoms with Gasteiger partial charge in [-0.3, -0.25) is 0 Å². The first-order chi connectivity index (χ1) is 11.1. The van der Waals surface area contributed by atoms with E-state index in [0.29, 0.717) is 17.2 Å². The molecule has 0 radical (unpaired) electrons. The standard InChI is InChI=1S/C18H20N2O3/c1-13-4-6-14(7-5-13)10-11-19-18(21)20-16-9-8-15(22-2)12-17(16)23-3/h4-12H,1-3H3,(H2,19,20,21)/b11-10+. The fourth-order valence-corrected chi connectivity index (χ4v) is 1.95. The summed E-state index contributed by atoms with van der Waals surface area (Å²) in [5.74, 6) is 1.19. The average Bonchev–Trinajstić information content (AvgIpc) is 2.57. The van der Waals surface area contributed by atoms with Crippen LogP contribution >= 0.6 is 0 Å². The van der Waals surface area contributed by atoms with Gasteiger partial charge in [-0.15, -0.1) is 0 Å². The summed E-state index contributed by atoms with van der Waals surface area (Å²) in [4.78, 5) is 11.9. The van der Waals surface area contributed by atoms with E-state index in [-0.39, 0.29) is 6.03 Å². The van der Waals surface area contributed by atoms with Crippen LogP contribution in [-0.2, 0) is 0 Å². The van der Waals surface area contributed by atoms with Gasteiger partial charge in [-0.1, -0.05) is 29.8 Å². The second-order valence-corrected chi connectivity index (χ2v) is 4.91. The highest BCUT2D eigenvalue weighted by molar-refractivity contribution is 5.92. The molecule has 120 valence electrons. The van der Waals surface area contributed by atoms with E-state index in [1.807, 2.05) is 37.3 Å². The lowest BCUT2D eigenvalue weighted by Gasteiger charge is -2.11. The van der Waals surface area contributed by atoms with Gasteiger partial charge in [0.1, 0.15) is 11.5 Å². The number of carbonyl (C=O) groups excluding carboxylic acids is 1. The van der Waals surface area contributed by atoms with Crippen LogP contribution in [0.4, 0.5) is 10.5 Å². The van der Waals surface area contributed by atoms with Gasteiger partial charge >= 0.3 is 6.03 Å². The largest absolute Gasteiger partial charge is 0.497 e. The number of aryl methyl sites for hydroxylation is 1. The first-order valence-electron chi connectivity index (χ1n) is 7.15. The average molecular weight is 312 g/mol. The van der Waals surface area contributed by atoms with Gasteiger partial charge in [-0.2, -0.15) is 0 Å². The molecule has 2 rings (SSSR count). The lowest BCUT2D eigenvalue weighted by Crippen LogP contribution is -2.24. The van der Waals surface area contributed by atoms with Crippen molar-refractivity contribution >= 4 is 17.8 Å². The quantitative estimate of drug-likeness (QED) is 0.882. The number of benzene rings is 2. The molecule has 0 bridgehead atoms. The molecular formula is C18H20N2O3. The first kappa shape index (κ1) is 16.4. The van der Waals surface area contributed by atoms with Crippen molar-refractivity contribution in [3.05, 3.63) is 59.8 Å². The van der Waals surface area contributed by atoms with E-state index in [9.17, 15) is 4.79 Å². The maximum atomic E-state index is 11.9. The Balaban J connectivity index is 1.95. The number of hydrogen-bond acceptors (Lipinski definition) is 3. The molecule has 0 spiro atoms. The minimum atomic E-state index is -0.350.